The standard InChI is InChI=1S/C27H40O3/c1-17(6-13-25(29)20-8-9-20)23-11-12-24-19(5-4-14-27(23,24)3)7-10-21-15-22(28)16-26(30)18(21)2/h6-7,10,13,17,20,22-26,28-30H,2,4-5,8-9,11-12,14-16H2,1,3H3/t17-,22+,23-,24+,25-,26+,27-/m1/s1. The first-order chi connectivity index (χ1) is 14.3. The lowest BCUT2D eigenvalue weighted by atomic mass is 9.61. The van der Waals surface area contributed by atoms with E-state index in [0.717, 1.165) is 17.6 Å². The van der Waals surface area contributed by atoms with Crippen LogP contribution in [0.2, 0.25) is 0 Å². The predicted octanol–water partition coefficient (Wildman–Crippen LogP) is 5.09. The van der Waals surface area contributed by atoms with Gasteiger partial charge in [0.15, 0.2) is 0 Å². The molecule has 166 valence electrons. The highest BCUT2D eigenvalue weighted by Crippen LogP contribution is 2.59. The zero-order chi connectivity index (χ0) is 21.5. The largest absolute Gasteiger partial charge is 0.393 e. The third-order valence-electron chi connectivity index (χ3n) is 8.65. The molecule has 4 saturated carbocycles. The van der Waals surface area contributed by atoms with Gasteiger partial charge in [0.1, 0.15) is 0 Å². The maximum absolute atomic E-state index is 10.2. The van der Waals surface area contributed by atoms with Crippen molar-refractivity contribution in [2.24, 2.45) is 29.1 Å². The van der Waals surface area contributed by atoms with Gasteiger partial charge in [-0.1, -0.05) is 50.3 Å². The van der Waals surface area contributed by atoms with Gasteiger partial charge < -0.3 is 15.3 Å². The molecule has 0 radical (unpaired) electrons. The number of aliphatic hydroxyl groups is 3. The summed E-state index contributed by atoms with van der Waals surface area (Å²) in [5.74, 6) is 2.28. The molecule has 3 N–H and O–H groups in total. The molecule has 0 heterocycles. The van der Waals surface area contributed by atoms with Crippen LogP contribution in [0.3, 0.4) is 0 Å². The third-order valence-corrected chi connectivity index (χ3v) is 8.65. The van der Waals surface area contributed by atoms with Gasteiger partial charge in [-0.05, 0) is 91.6 Å². The number of rotatable bonds is 5. The number of fused-ring (bicyclic) bond motifs is 1. The Hall–Kier alpha value is -1.16. The summed E-state index contributed by atoms with van der Waals surface area (Å²) in [6.07, 6.45) is 16.9. The molecule has 4 rings (SSSR count). The molecule has 4 aliphatic carbocycles. The Balaban J connectivity index is 1.48. The summed E-state index contributed by atoms with van der Waals surface area (Å²) in [5.41, 5.74) is 3.63. The highest BCUT2D eigenvalue weighted by molar-refractivity contribution is 5.38. The molecular weight excluding hydrogens is 372 g/mol. The lowest BCUT2D eigenvalue weighted by Gasteiger charge is -2.44. The van der Waals surface area contributed by atoms with Crippen molar-refractivity contribution in [2.75, 3.05) is 0 Å². The quantitative estimate of drug-likeness (QED) is 0.551. The van der Waals surface area contributed by atoms with Crippen LogP contribution in [0.1, 0.15) is 71.6 Å². The number of allylic oxidation sites excluding steroid dienone is 4. The highest BCUT2D eigenvalue weighted by Gasteiger charge is 2.50. The van der Waals surface area contributed by atoms with Crippen molar-refractivity contribution in [3.63, 3.8) is 0 Å². The average molecular weight is 413 g/mol. The Morgan fingerprint density at radius 2 is 1.87 bits per heavy atom. The van der Waals surface area contributed by atoms with Crippen LogP contribution in [-0.2, 0) is 0 Å². The van der Waals surface area contributed by atoms with Crippen molar-refractivity contribution in [3.8, 4) is 0 Å². The van der Waals surface area contributed by atoms with Gasteiger partial charge in [-0.15, -0.1) is 0 Å². The second-order valence-corrected chi connectivity index (χ2v) is 10.7. The molecule has 0 amide bonds. The van der Waals surface area contributed by atoms with Gasteiger partial charge in [0.25, 0.3) is 0 Å². The van der Waals surface area contributed by atoms with E-state index in [2.05, 4.69) is 44.7 Å². The Morgan fingerprint density at radius 3 is 2.60 bits per heavy atom. The predicted molar refractivity (Wildman–Crippen MR) is 122 cm³/mol. The first kappa shape index (κ1) is 22.0. The number of hydrogen-bond acceptors (Lipinski definition) is 3. The Morgan fingerprint density at radius 1 is 1.10 bits per heavy atom. The third kappa shape index (κ3) is 4.40. The minimum absolute atomic E-state index is 0.250. The summed E-state index contributed by atoms with van der Waals surface area (Å²) in [6, 6.07) is 0. The van der Waals surface area contributed by atoms with E-state index in [4.69, 9.17) is 0 Å². The molecule has 4 fully saturated rings. The van der Waals surface area contributed by atoms with Crippen molar-refractivity contribution in [3.05, 3.63) is 47.6 Å². The van der Waals surface area contributed by atoms with Gasteiger partial charge in [-0.25, -0.2) is 0 Å². The van der Waals surface area contributed by atoms with Crippen molar-refractivity contribution in [1.29, 1.82) is 0 Å². The summed E-state index contributed by atoms with van der Waals surface area (Å²) in [5, 5.41) is 30.4. The molecule has 3 nitrogen and oxygen atoms in total. The lowest BCUT2D eigenvalue weighted by molar-refractivity contribution is 0.0862. The minimum Gasteiger partial charge on any atom is -0.393 e. The first-order valence-electron chi connectivity index (χ1n) is 12.1. The fraction of sp³-hybridized carbons (Fsp3) is 0.704. The van der Waals surface area contributed by atoms with Gasteiger partial charge in [0, 0.05) is 6.42 Å². The summed E-state index contributed by atoms with van der Waals surface area (Å²) in [7, 11) is 0. The van der Waals surface area contributed by atoms with Gasteiger partial charge in [0.2, 0.25) is 0 Å². The van der Waals surface area contributed by atoms with E-state index < -0.39 is 12.2 Å². The van der Waals surface area contributed by atoms with E-state index in [1.807, 2.05) is 0 Å². The van der Waals surface area contributed by atoms with E-state index in [-0.39, 0.29) is 6.10 Å². The van der Waals surface area contributed by atoms with Gasteiger partial charge in [-0.3, -0.25) is 0 Å². The summed E-state index contributed by atoms with van der Waals surface area (Å²) in [6.45, 7) is 8.88. The van der Waals surface area contributed by atoms with Crippen LogP contribution in [0.4, 0.5) is 0 Å². The van der Waals surface area contributed by atoms with Crippen LogP contribution in [0, 0.1) is 29.1 Å². The zero-order valence-corrected chi connectivity index (χ0v) is 18.8. The lowest BCUT2D eigenvalue weighted by Crippen LogP contribution is -2.35. The van der Waals surface area contributed by atoms with E-state index >= 15 is 0 Å². The summed E-state index contributed by atoms with van der Waals surface area (Å²) >= 11 is 0. The molecule has 0 unspecified atom stereocenters. The molecule has 7 atom stereocenters. The molecule has 4 aliphatic rings. The topological polar surface area (TPSA) is 60.7 Å². The summed E-state index contributed by atoms with van der Waals surface area (Å²) < 4.78 is 0. The van der Waals surface area contributed by atoms with Crippen molar-refractivity contribution < 1.29 is 15.3 Å². The maximum Gasteiger partial charge on any atom is 0.0811 e. The zero-order valence-electron chi connectivity index (χ0n) is 18.8. The van der Waals surface area contributed by atoms with Crippen molar-refractivity contribution >= 4 is 0 Å². The molecule has 3 heteroatoms. The molecule has 0 aromatic carbocycles. The van der Waals surface area contributed by atoms with Crippen LogP contribution in [0.15, 0.2) is 47.6 Å². The monoisotopic (exact) mass is 412 g/mol. The number of hydrogen-bond donors (Lipinski definition) is 3. The van der Waals surface area contributed by atoms with Gasteiger partial charge in [0.05, 0.1) is 18.3 Å². The fourth-order valence-corrected chi connectivity index (χ4v) is 6.63. The molecule has 0 aromatic rings. The van der Waals surface area contributed by atoms with E-state index in [1.165, 1.54) is 44.1 Å². The molecular formula is C27H40O3. The average Bonchev–Trinajstić information content (AvgIpc) is 3.49. The summed E-state index contributed by atoms with van der Waals surface area (Å²) in [4.78, 5) is 0. The number of aliphatic hydroxyl groups excluding tert-OH is 3. The highest BCUT2D eigenvalue weighted by atomic mass is 16.3. The molecule has 0 bridgehead atoms. The maximum atomic E-state index is 10.2. The molecule has 0 spiro atoms. The van der Waals surface area contributed by atoms with Crippen LogP contribution in [0.5, 0.6) is 0 Å². The van der Waals surface area contributed by atoms with E-state index in [0.29, 0.717) is 41.9 Å². The minimum atomic E-state index is -0.621. The second kappa shape index (κ2) is 8.76. The normalized spacial score (nSPS) is 42.1. The second-order valence-electron chi connectivity index (χ2n) is 10.7. The van der Waals surface area contributed by atoms with Crippen LogP contribution >= 0.6 is 0 Å². The SMILES string of the molecule is C=C1C(=CC=C2CCC[C@]3(C)[C@@H]([C@H](C)C=C[C@@H](O)C4CC4)CC[C@@H]23)C[C@H](O)C[C@@H]1O. The molecule has 0 saturated heterocycles. The Kier molecular flexibility index (Phi) is 6.44. The van der Waals surface area contributed by atoms with Gasteiger partial charge >= 0.3 is 0 Å². The van der Waals surface area contributed by atoms with Crippen LogP contribution in [-0.4, -0.2) is 33.6 Å². The molecule has 30 heavy (non-hydrogen) atoms. The van der Waals surface area contributed by atoms with Crippen LogP contribution < -0.4 is 0 Å². The molecule has 0 aromatic heterocycles. The smallest absolute Gasteiger partial charge is 0.0811 e. The fourth-order valence-electron chi connectivity index (χ4n) is 6.63. The van der Waals surface area contributed by atoms with Gasteiger partial charge in [-0.2, -0.15) is 0 Å². The van der Waals surface area contributed by atoms with E-state index in [9.17, 15) is 15.3 Å². The first-order valence-corrected chi connectivity index (χ1v) is 12.1. The van der Waals surface area contributed by atoms with Crippen molar-refractivity contribution in [2.45, 2.75) is 89.9 Å². The Bertz CT molecular complexity index is 743. The Labute approximate surface area is 182 Å². The molecule has 0 aliphatic heterocycles. The van der Waals surface area contributed by atoms with Crippen LogP contribution in [0.25, 0.3) is 0 Å². The van der Waals surface area contributed by atoms with Crippen molar-refractivity contribution in [1.82, 2.24) is 0 Å². The van der Waals surface area contributed by atoms with E-state index in [1.54, 1.807) is 0 Å².